The van der Waals surface area contributed by atoms with Crippen LogP contribution in [-0.4, -0.2) is 42.8 Å². The van der Waals surface area contributed by atoms with E-state index >= 15 is 0 Å². The van der Waals surface area contributed by atoms with Gasteiger partial charge < -0.3 is 14.4 Å². The third kappa shape index (κ3) is 3.64. The number of hydrogen-bond donors (Lipinski definition) is 0. The predicted molar refractivity (Wildman–Crippen MR) is 103 cm³/mol. The van der Waals surface area contributed by atoms with Gasteiger partial charge in [-0.05, 0) is 23.8 Å². The zero-order valence-electron chi connectivity index (χ0n) is 15.5. The molecule has 0 aromatic heterocycles. The van der Waals surface area contributed by atoms with E-state index in [2.05, 4.69) is 4.90 Å². The van der Waals surface area contributed by atoms with Gasteiger partial charge in [0.2, 0.25) is 6.79 Å². The zero-order valence-corrected chi connectivity index (χ0v) is 15.5. The lowest BCUT2D eigenvalue weighted by Crippen LogP contribution is -2.46. The maximum atomic E-state index is 11.5. The van der Waals surface area contributed by atoms with Crippen molar-refractivity contribution in [2.75, 3.05) is 37.9 Å². The van der Waals surface area contributed by atoms with Crippen molar-refractivity contribution in [1.82, 2.24) is 4.90 Å². The Morgan fingerprint density at radius 3 is 2.38 bits per heavy atom. The standard InChI is InChI=1S/C20H17N5O4/c21-10-15-8-17(18(25(26)27)9-16(15)11-22)24-5-3-23(4-6-24)12-14-1-2-19-20(7-14)29-13-28-19/h1-2,7-9H,3-6,12-13H2. The summed E-state index contributed by atoms with van der Waals surface area (Å²) in [5, 5.41) is 29.9. The Morgan fingerprint density at radius 2 is 1.69 bits per heavy atom. The number of nitriles is 2. The Kier molecular flexibility index (Phi) is 4.90. The quantitative estimate of drug-likeness (QED) is 0.576. The van der Waals surface area contributed by atoms with Gasteiger partial charge in [0.25, 0.3) is 5.69 Å². The number of nitrogens with zero attached hydrogens (tertiary/aromatic N) is 5. The SMILES string of the molecule is N#Cc1cc(N2CCN(Cc3ccc4c(c3)OCO4)CC2)c([N+](=O)[O-])cc1C#N. The molecular formula is C20H17N5O4. The first-order valence-electron chi connectivity index (χ1n) is 9.07. The molecule has 2 aromatic rings. The van der Waals surface area contributed by atoms with E-state index in [1.54, 1.807) is 0 Å². The summed E-state index contributed by atoms with van der Waals surface area (Å²) in [6.07, 6.45) is 0. The summed E-state index contributed by atoms with van der Waals surface area (Å²) < 4.78 is 10.7. The minimum atomic E-state index is -0.504. The van der Waals surface area contributed by atoms with Crippen LogP contribution in [0.25, 0.3) is 0 Å². The second-order valence-electron chi connectivity index (χ2n) is 6.82. The van der Waals surface area contributed by atoms with Crippen molar-refractivity contribution in [3.63, 3.8) is 0 Å². The molecule has 0 saturated carbocycles. The van der Waals surface area contributed by atoms with E-state index in [9.17, 15) is 15.4 Å². The topological polar surface area (TPSA) is 116 Å². The van der Waals surface area contributed by atoms with Crippen LogP contribution in [0.5, 0.6) is 11.5 Å². The summed E-state index contributed by atoms with van der Waals surface area (Å²) in [7, 11) is 0. The van der Waals surface area contributed by atoms with Crippen molar-refractivity contribution in [3.8, 4) is 23.6 Å². The highest BCUT2D eigenvalue weighted by Crippen LogP contribution is 2.34. The first-order chi connectivity index (χ1) is 14.1. The third-order valence-corrected chi connectivity index (χ3v) is 5.11. The highest BCUT2D eigenvalue weighted by Gasteiger charge is 2.26. The number of benzene rings is 2. The van der Waals surface area contributed by atoms with Crippen LogP contribution in [0.3, 0.4) is 0 Å². The molecule has 2 aliphatic heterocycles. The first kappa shape index (κ1) is 18.5. The minimum Gasteiger partial charge on any atom is -0.454 e. The highest BCUT2D eigenvalue weighted by molar-refractivity contribution is 5.70. The number of anilines is 1. The fourth-order valence-corrected chi connectivity index (χ4v) is 3.61. The lowest BCUT2D eigenvalue weighted by molar-refractivity contribution is -0.384. The molecule has 0 atom stereocenters. The van der Waals surface area contributed by atoms with Crippen molar-refractivity contribution in [2.45, 2.75) is 6.54 Å². The van der Waals surface area contributed by atoms with E-state index in [1.807, 2.05) is 35.2 Å². The normalized spacial score (nSPS) is 15.6. The average Bonchev–Trinajstić information content (AvgIpc) is 3.21. The molecule has 2 heterocycles. The van der Waals surface area contributed by atoms with Crippen LogP contribution in [0.15, 0.2) is 30.3 Å². The number of ether oxygens (including phenoxy) is 2. The van der Waals surface area contributed by atoms with Crippen LogP contribution in [0.1, 0.15) is 16.7 Å². The van der Waals surface area contributed by atoms with Crippen LogP contribution in [0, 0.1) is 32.8 Å². The van der Waals surface area contributed by atoms with Crippen LogP contribution in [0.4, 0.5) is 11.4 Å². The smallest absolute Gasteiger partial charge is 0.293 e. The van der Waals surface area contributed by atoms with Crippen molar-refractivity contribution < 1.29 is 14.4 Å². The molecule has 29 heavy (non-hydrogen) atoms. The van der Waals surface area contributed by atoms with Gasteiger partial charge in [-0.15, -0.1) is 0 Å². The Morgan fingerprint density at radius 1 is 1.00 bits per heavy atom. The van der Waals surface area contributed by atoms with Gasteiger partial charge in [0, 0.05) is 38.8 Å². The van der Waals surface area contributed by atoms with Gasteiger partial charge in [0.15, 0.2) is 11.5 Å². The second-order valence-corrected chi connectivity index (χ2v) is 6.82. The summed E-state index contributed by atoms with van der Waals surface area (Å²) >= 11 is 0. The van der Waals surface area contributed by atoms with Crippen LogP contribution >= 0.6 is 0 Å². The van der Waals surface area contributed by atoms with Crippen molar-refractivity contribution in [1.29, 1.82) is 10.5 Å². The Bertz CT molecular complexity index is 1050. The number of rotatable bonds is 4. The third-order valence-electron chi connectivity index (χ3n) is 5.11. The van der Waals surface area contributed by atoms with E-state index in [4.69, 9.17) is 14.7 Å². The first-order valence-corrected chi connectivity index (χ1v) is 9.07. The lowest BCUT2D eigenvalue weighted by atomic mass is 10.1. The number of nitro groups is 1. The van der Waals surface area contributed by atoms with Crippen LogP contribution in [-0.2, 0) is 6.54 Å². The molecular weight excluding hydrogens is 374 g/mol. The molecule has 9 heteroatoms. The maximum absolute atomic E-state index is 11.5. The highest BCUT2D eigenvalue weighted by atomic mass is 16.7. The predicted octanol–water partition coefficient (Wildman–Crippen LogP) is 2.39. The van der Waals surface area contributed by atoms with Crippen molar-refractivity contribution >= 4 is 11.4 Å². The number of hydrogen-bond acceptors (Lipinski definition) is 8. The van der Waals surface area contributed by atoms with Gasteiger partial charge in [0.05, 0.1) is 16.1 Å². The molecule has 0 spiro atoms. The van der Waals surface area contributed by atoms with Gasteiger partial charge in [-0.25, -0.2) is 0 Å². The summed E-state index contributed by atoms with van der Waals surface area (Å²) in [6, 6.07) is 12.3. The van der Waals surface area contributed by atoms with Crippen molar-refractivity contribution in [3.05, 3.63) is 57.1 Å². The molecule has 0 N–H and O–H groups in total. The number of fused-ring (bicyclic) bond motifs is 1. The molecule has 1 saturated heterocycles. The number of piperazine rings is 1. The van der Waals surface area contributed by atoms with Gasteiger partial charge in [-0.1, -0.05) is 6.07 Å². The van der Waals surface area contributed by atoms with Gasteiger partial charge in [0.1, 0.15) is 17.8 Å². The molecule has 2 aliphatic rings. The van der Waals surface area contributed by atoms with E-state index in [0.717, 1.165) is 23.6 Å². The molecule has 0 unspecified atom stereocenters. The fourth-order valence-electron chi connectivity index (χ4n) is 3.61. The monoisotopic (exact) mass is 391 g/mol. The lowest BCUT2D eigenvalue weighted by Gasteiger charge is -2.36. The van der Waals surface area contributed by atoms with Crippen molar-refractivity contribution in [2.24, 2.45) is 0 Å². The molecule has 0 bridgehead atoms. The summed E-state index contributed by atoms with van der Waals surface area (Å²) in [6.45, 7) is 3.58. The molecule has 0 amide bonds. The van der Waals surface area contributed by atoms with E-state index in [0.29, 0.717) is 31.9 Å². The Hall–Kier alpha value is -3.82. The maximum Gasteiger partial charge on any atom is 0.293 e. The molecule has 4 rings (SSSR count). The van der Waals surface area contributed by atoms with E-state index < -0.39 is 4.92 Å². The fraction of sp³-hybridized carbons (Fsp3) is 0.300. The largest absolute Gasteiger partial charge is 0.454 e. The zero-order chi connectivity index (χ0) is 20.4. The Balaban J connectivity index is 1.48. The summed E-state index contributed by atoms with van der Waals surface area (Å²) in [5.41, 5.74) is 1.51. The molecule has 146 valence electrons. The summed E-state index contributed by atoms with van der Waals surface area (Å²) in [5.74, 6) is 1.50. The van der Waals surface area contributed by atoms with Gasteiger partial charge in [-0.3, -0.25) is 15.0 Å². The second kappa shape index (κ2) is 7.66. The van der Waals surface area contributed by atoms with E-state index in [1.165, 1.54) is 12.1 Å². The minimum absolute atomic E-state index is 0.0180. The van der Waals surface area contributed by atoms with Crippen LogP contribution < -0.4 is 14.4 Å². The molecule has 9 nitrogen and oxygen atoms in total. The molecule has 2 aromatic carbocycles. The molecule has 1 fully saturated rings. The summed E-state index contributed by atoms with van der Waals surface area (Å²) in [4.78, 5) is 15.1. The van der Waals surface area contributed by atoms with Crippen LogP contribution in [0.2, 0.25) is 0 Å². The average molecular weight is 391 g/mol. The Labute approximate surface area is 167 Å². The van der Waals surface area contributed by atoms with Gasteiger partial charge >= 0.3 is 0 Å². The molecule has 0 radical (unpaired) electrons. The van der Waals surface area contributed by atoms with E-state index in [-0.39, 0.29) is 23.6 Å². The number of nitro benzene ring substituents is 1. The van der Waals surface area contributed by atoms with Gasteiger partial charge in [-0.2, -0.15) is 10.5 Å². The molecule has 0 aliphatic carbocycles.